The molecule has 1 radical (unpaired) electrons. The van der Waals surface area contributed by atoms with E-state index in [-0.39, 0.29) is 63.5 Å². The van der Waals surface area contributed by atoms with Gasteiger partial charge in [-0.25, -0.2) is 0 Å². The molecule has 30 heavy (non-hydrogen) atoms. The largest absolute Gasteiger partial charge is 0.466 e. The van der Waals surface area contributed by atoms with Gasteiger partial charge in [0.2, 0.25) is 0 Å². The summed E-state index contributed by atoms with van der Waals surface area (Å²) in [5.74, 6) is -0.0188. The summed E-state index contributed by atoms with van der Waals surface area (Å²) in [6.07, 6.45) is 25.6. The van der Waals surface area contributed by atoms with Crippen molar-refractivity contribution in [3.05, 3.63) is 12.2 Å². The predicted octanol–water partition coefficient (Wildman–Crippen LogP) is 7.52. The van der Waals surface area contributed by atoms with E-state index in [1.165, 1.54) is 70.6 Å². The summed E-state index contributed by atoms with van der Waals surface area (Å²) < 4.78 is 5.31. The number of carbonyl (C=O) groups is 1. The van der Waals surface area contributed by atoms with Crippen LogP contribution in [0.4, 0.5) is 0 Å². The number of ether oxygens (including phenoxy) is 1. The molecule has 3 nitrogen and oxygen atoms in total. The molecule has 0 aromatic rings. The second-order valence-electron chi connectivity index (χ2n) is 8.50. The van der Waals surface area contributed by atoms with Crippen LogP contribution < -0.4 is 0 Å². The molecule has 0 spiro atoms. The van der Waals surface area contributed by atoms with Crippen LogP contribution in [0.1, 0.15) is 136 Å². The molecule has 0 heterocycles. The van der Waals surface area contributed by atoms with Gasteiger partial charge in [-0.1, -0.05) is 103 Å². The van der Waals surface area contributed by atoms with Gasteiger partial charge in [0.1, 0.15) is 0 Å². The van der Waals surface area contributed by atoms with Gasteiger partial charge >= 0.3 is 5.97 Å². The number of aliphatic hydroxyl groups excluding tert-OH is 1. The summed E-state index contributed by atoms with van der Waals surface area (Å²) in [5.41, 5.74) is 0. The van der Waals surface area contributed by atoms with E-state index >= 15 is 0 Å². The number of rotatable bonds is 22. The molecule has 0 unspecified atom stereocenters. The maximum Gasteiger partial charge on any atom is 0.305 e. The fourth-order valence-corrected chi connectivity index (χ4v) is 3.50. The van der Waals surface area contributed by atoms with E-state index in [0.717, 1.165) is 44.9 Å². The maximum absolute atomic E-state index is 11.7. The van der Waals surface area contributed by atoms with Crippen molar-refractivity contribution in [3.8, 4) is 0 Å². The van der Waals surface area contributed by atoms with Crippen LogP contribution in [0.5, 0.6) is 0 Å². The van der Waals surface area contributed by atoms with Crippen molar-refractivity contribution >= 4 is 57.4 Å². The first-order valence-corrected chi connectivity index (χ1v) is 12.7. The zero-order chi connectivity index (χ0) is 21.4. The summed E-state index contributed by atoms with van der Waals surface area (Å²) in [4.78, 5) is 11.7. The Morgan fingerprint density at radius 2 is 1.33 bits per heavy atom. The SMILES string of the molecule is CCCCCCCCOC(=O)CCCCCCC/C=C\C[C@H](O)CCCCCC.[K]. The van der Waals surface area contributed by atoms with Crippen molar-refractivity contribution in [2.24, 2.45) is 0 Å². The zero-order valence-electron chi connectivity index (χ0n) is 20.6. The number of hydrogen-bond acceptors (Lipinski definition) is 3. The first-order valence-electron chi connectivity index (χ1n) is 12.7. The first-order chi connectivity index (χ1) is 14.2. The second-order valence-corrected chi connectivity index (χ2v) is 8.50. The van der Waals surface area contributed by atoms with Gasteiger partial charge in [0.25, 0.3) is 0 Å². The summed E-state index contributed by atoms with van der Waals surface area (Å²) in [6.45, 7) is 5.04. The second kappa shape index (κ2) is 27.8. The topological polar surface area (TPSA) is 46.5 Å². The van der Waals surface area contributed by atoms with Crippen molar-refractivity contribution in [2.75, 3.05) is 6.61 Å². The third kappa shape index (κ3) is 26.8. The van der Waals surface area contributed by atoms with Gasteiger partial charge < -0.3 is 9.84 Å². The van der Waals surface area contributed by atoms with Crippen LogP contribution in [-0.2, 0) is 9.53 Å². The third-order valence-electron chi connectivity index (χ3n) is 5.48. The van der Waals surface area contributed by atoms with Gasteiger partial charge in [-0.05, 0) is 38.5 Å². The number of aliphatic hydroxyl groups is 1. The van der Waals surface area contributed by atoms with Crippen LogP contribution in [-0.4, -0.2) is 75.2 Å². The van der Waals surface area contributed by atoms with E-state index in [4.69, 9.17) is 4.74 Å². The molecule has 0 rings (SSSR count). The minimum absolute atomic E-state index is 0. The number of esters is 1. The van der Waals surface area contributed by atoms with E-state index in [1.807, 2.05) is 0 Å². The molecule has 0 aromatic heterocycles. The molecule has 0 amide bonds. The molecule has 0 saturated carbocycles. The Labute approximate surface area is 230 Å². The Morgan fingerprint density at radius 1 is 0.767 bits per heavy atom. The monoisotopic (exact) mass is 449 g/mol. The van der Waals surface area contributed by atoms with E-state index in [1.54, 1.807) is 0 Å². The molecule has 4 heteroatoms. The zero-order valence-corrected chi connectivity index (χ0v) is 23.8. The Morgan fingerprint density at radius 3 is 2.03 bits per heavy atom. The summed E-state index contributed by atoms with van der Waals surface area (Å²) in [6, 6.07) is 0. The standard InChI is InChI=1S/C26H50O3.K/c1-3-5-7-9-16-20-24-29-26(28)23-19-15-13-11-10-12-14-18-22-25(27)21-17-8-6-4-2;/h14,18,25,27H,3-13,15-17,19-24H2,1-2H3;/b18-14-;/t25-;/m1./s1. The molecule has 0 aliphatic rings. The number of carbonyl (C=O) groups excluding carboxylic acids is 1. The molecule has 0 bridgehead atoms. The van der Waals surface area contributed by atoms with Crippen LogP contribution in [0.15, 0.2) is 12.2 Å². The number of unbranched alkanes of at least 4 members (excludes halogenated alkanes) is 13. The van der Waals surface area contributed by atoms with Crippen LogP contribution in [0.2, 0.25) is 0 Å². The molecule has 1 N–H and O–H groups in total. The van der Waals surface area contributed by atoms with Crippen LogP contribution in [0.3, 0.4) is 0 Å². The van der Waals surface area contributed by atoms with E-state index in [0.29, 0.717) is 13.0 Å². The van der Waals surface area contributed by atoms with Gasteiger partial charge in [-0.3, -0.25) is 4.79 Å². The van der Waals surface area contributed by atoms with Crippen LogP contribution >= 0.6 is 0 Å². The normalized spacial score (nSPS) is 12.1. The average molecular weight is 450 g/mol. The average Bonchev–Trinajstić information content (AvgIpc) is 2.72. The number of allylic oxidation sites excluding steroid dienone is 1. The van der Waals surface area contributed by atoms with Crippen molar-refractivity contribution in [3.63, 3.8) is 0 Å². The minimum Gasteiger partial charge on any atom is -0.466 e. The molecule has 0 fully saturated rings. The molecule has 0 aliphatic heterocycles. The Kier molecular flexibility index (Phi) is 30.6. The predicted molar refractivity (Wildman–Crippen MR) is 131 cm³/mol. The van der Waals surface area contributed by atoms with Crippen LogP contribution in [0.25, 0.3) is 0 Å². The minimum atomic E-state index is -0.163. The van der Waals surface area contributed by atoms with Gasteiger partial charge in [-0.2, -0.15) is 0 Å². The molecule has 1 atom stereocenters. The van der Waals surface area contributed by atoms with E-state index < -0.39 is 0 Å². The van der Waals surface area contributed by atoms with Crippen molar-refractivity contribution in [2.45, 2.75) is 142 Å². The smallest absolute Gasteiger partial charge is 0.305 e. The molecular formula is C26H50KO3. The fourth-order valence-electron chi connectivity index (χ4n) is 3.50. The van der Waals surface area contributed by atoms with Crippen molar-refractivity contribution in [1.82, 2.24) is 0 Å². The van der Waals surface area contributed by atoms with Gasteiger partial charge in [-0.15, -0.1) is 0 Å². The summed E-state index contributed by atoms with van der Waals surface area (Å²) in [7, 11) is 0. The maximum atomic E-state index is 11.7. The summed E-state index contributed by atoms with van der Waals surface area (Å²) >= 11 is 0. The summed E-state index contributed by atoms with van der Waals surface area (Å²) in [5, 5.41) is 9.92. The van der Waals surface area contributed by atoms with Crippen molar-refractivity contribution < 1.29 is 14.6 Å². The molecule has 0 saturated heterocycles. The van der Waals surface area contributed by atoms with E-state index in [2.05, 4.69) is 26.0 Å². The van der Waals surface area contributed by atoms with E-state index in [9.17, 15) is 9.90 Å². The molecule has 173 valence electrons. The Bertz CT molecular complexity index is 371. The van der Waals surface area contributed by atoms with Gasteiger partial charge in [0.05, 0.1) is 12.7 Å². The molecule has 0 aliphatic carbocycles. The molecular weight excluding hydrogens is 399 g/mol. The quantitative estimate of drug-likeness (QED) is 0.0804. The molecule has 0 aromatic carbocycles. The van der Waals surface area contributed by atoms with Crippen molar-refractivity contribution in [1.29, 1.82) is 0 Å². The first kappa shape index (κ1) is 33.0. The number of hydrogen-bond donors (Lipinski definition) is 1. The van der Waals surface area contributed by atoms with Gasteiger partial charge in [0.15, 0.2) is 0 Å². The van der Waals surface area contributed by atoms with Gasteiger partial charge in [0, 0.05) is 57.8 Å². The third-order valence-corrected chi connectivity index (χ3v) is 5.48. The fraction of sp³-hybridized carbons (Fsp3) is 0.885. The Hall–Kier alpha value is 0.806. The van der Waals surface area contributed by atoms with Crippen LogP contribution in [0, 0.1) is 0 Å². The Balaban J connectivity index is 0.